The number of hydrogen-bond acceptors (Lipinski definition) is 7. The third kappa shape index (κ3) is 6.33. The molecular weight excluding hydrogens is 463 g/mol. The Morgan fingerprint density at radius 2 is 1.92 bits per heavy atom. The fourth-order valence-electron chi connectivity index (χ4n) is 3.70. The van der Waals surface area contributed by atoms with E-state index in [4.69, 9.17) is 9.26 Å². The maximum atomic E-state index is 14.6. The van der Waals surface area contributed by atoms with Gasteiger partial charge in [0.1, 0.15) is 35.3 Å². The van der Waals surface area contributed by atoms with Crippen molar-refractivity contribution in [3.8, 4) is 17.0 Å². The number of hydrogen-bond donors (Lipinski definition) is 1. The number of benzene rings is 2. The van der Waals surface area contributed by atoms with E-state index >= 15 is 0 Å². The summed E-state index contributed by atoms with van der Waals surface area (Å²) in [5.41, 5.74) is 2.16. The van der Waals surface area contributed by atoms with E-state index < -0.39 is 5.82 Å². The van der Waals surface area contributed by atoms with Crippen LogP contribution in [0.4, 0.5) is 10.1 Å². The summed E-state index contributed by atoms with van der Waals surface area (Å²) < 4.78 is 26.9. The first-order valence-corrected chi connectivity index (χ1v) is 11.8. The fourth-order valence-corrected chi connectivity index (χ4v) is 3.70. The first-order chi connectivity index (χ1) is 17.4. The zero-order valence-corrected chi connectivity index (χ0v) is 20.6. The van der Waals surface area contributed by atoms with Gasteiger partial charge in [-0.2, -0.15) is 0 Å². The molecule has 0 saturated heterocycles. The van der Waals surface area contributed by atoms with Crippen LogP contribution in [-0.4, -0.2) is 57.2 Å². The summed E-state index contributed by atoms with van der Waals surface area (Å²) in [6.45, 7) is 9.75. The lowest BCUT2D eigenvalue weighted by molar-refractivity contribution is 0.102. The first kappa shape index (κ1) is 25.1. The molecule has 0 atom stereocenters. The second-order valence-electron chi connectivity index (χ2n) is 8.28. The van der Waals surface area contributed by atoms with Crippen molar-refractivity contribution >= 4 is 11.6 Å². The average molecular weight is 493 g/mol. The van der Waals surface area contributed by atoms with E-state index in [0.29, 0.717) is 47.3 Å². The third-order valence-electron chi connectivity index (χ3n) is 5.73. The van der Waals surface area contributed by atoms with Crippen molar-refractivity contribution in [2.75, 3.05) is 31.6 Å². The standard InChI is InChI=1S/C26H29FN6O3/c1-4-32(5-2)12-13-35-22-9-6-19(7-10-22)26(34)28-20-8-11-24(27)23(15-20)25-17-33(31-29-25)16-21-14-18(3)36-30-21/h6-11,14-15,17H,4-5,12-13,16H2,1-3H3,(H,28,34). The molecule has 1 amide bonds. The van der Waals surface area contributed by atoms with Crippen LogP contribution in [0.1, 0.15) is 35.7 Å². The lowest BCUT2D eigenvalue weighted by Gasteiger charge is -2.18. The van der Waals surface area contributed by atoms with Gasteiger partial charge in [0.25, 0.3) is 5.91 Å². The molecule has 4 rings (SSSR count). The molecule has 0 unspecified atom stereocenters. The van der Waals surface area contributed by atoms with Crippen molar-refractivity contribution in [2.45, 2.75) is 27.3 Å². The highest BCUT2D eigenvalue weighted by molar-refractivity contribution is 6.04. The number of aromatic nitrogens is 4. The van der Waals surface area contributed by atoms with Gasteiger partial charge in [-0.05, 0) is 62.5 Å². The highest BCUT2D eigenvalue weighted by atomic mass is 19.1. The van der Waals surface area contributed by atoms with Crippen LogP contribution in [0.15, 0.2) is 59.3 Å². The summed E-state index contributed by atoms with van der Waals surface area (Å²) >= 11 is 0. The van der Waals surface area contributed by atoms with E-state index in [-0.39, 0.29) is 11.5 Å². The predicted octanol–water partition coefficient (Wildman–Crippen LogP) is 4.40. The van der Waals surface area contributed by atoms with Crippen molar-refractivity contribution < 1.29 is 18.4 Å². The van der Waals surface area contributed by atoms with Crippen LogP contribution in [0, 0.1) is 12.7 Å². The number of rotatable bonds is 11. The number of nitrogens with zero attached hydrogens (tertiary/aromatic N) is 5. The smallest absolute Gasteiger partial charge is 0.255 e. The average Bonchev–Trinajstić information content (AvgIpc) is 3.52. The minimum Gasteiger partial charge on any atom is -0.492 e. The Bertz CT molecular complexity index is 1300. The van der Waals surface area contributed by atoms with Crippen molar-refractivity contribution in [2.24, 2.45) is 0 Å². The number of anilines is 1. The molecule has 0 aliphatic carbocycles. The predicted molar refractivity (Wildman–Crippen MR) is 133 cm³/mol. The van der Waals surface area contributed by atoms with Gasteiger partial charge in [0.15, 0.2) is 0 Å². The number of carbonyl (C=O) groups excluding carboxylic acids is 1. The Hall–Kier alpha value is -4.05. The van der Waals surface area contributed by atoms with Gasteiger partial charge >= 0.3 is 0 Å². The molecule has 0 aliphatic heterocycles. The van der Waals surface area contributed by atoms with Gasteiger partial charge < -0.3 is 19.5 Å². The normalized spacial score (nSPS) is 11.1. The Labute approximate surface area is 208 Å². The minimum absolute atomic E-state index is 0.229. The number of carbonyl (C=O) groups is 1. The van der Waals surface area contributed by atoms with Crippen molar-refractivity contribution in [1.29, 1.82) is 0 Å². The van der Waals surface area contributed by atoms with Gasteiger partial charge in [-0.25, -0.2) is 9.07 Å². The Morgan fingerprint density at radius 1 is 1.14 bits per heavy atom. The van der Waals surface area contributed by atoms with Crippen LogP contribution < -0.4 is 10.1 Å². The van der Waals surface area contributed by atoms with Gasteiger partial charge in [-0.3, -0.25) is 4.79 Å². The molecule has 188 valence electrons. The molecule has 0 saturated carbocycles. The van der Waals surface area contributed by atoms with Crippen LogP contribution in [0.2, 0.25) is 0 Å². The molecule has 0 radical (unpaired) electrons. The van der Waals surface area contributed by atoms with Crippen LogP contribution >= 0.6 is 0 Å². The molecule has 1 N–H and O–H groups in total. The molecule has 10 heteroatoms. The fraction of sp³-hybridized carbons (Fsp3) is 0.308. The molecular formula is C26H29FN6O3. The Kier molecular flexibility index (Phi) is 8.06. The van der Waals surface area contributed by atoms with E-state index in [0.717, 1.165) is 19.6 Å². The molecule has 0 aliphatic rings. The van der Waals surface area contributed by atoms with Gasteiger partial charge in [-0.1, -0.05) is 24.2 Å². The topological polar surface area (TPSA) is 98.3 Å². The molecule has 2 heterocycles. The number of aryl methyl sites for hydroxylation is 1. The van der Waals surface area contributed by atoms with Crippen molar-refractivity contribution in [1.82, 2.24) is 25.1 Å². The summed E-state index contributed by atoms with van der Waals surface area (Å²) in [4.78, 5) is 15.0. The summed E-state index contributed by atoms with van der Waals surface area (Å²) in [5.74, 6) is 0.611. The van der Waals surface area contributed by atoms with Crippen LogP contribution in [-0.2, 0) is 6.54 Å². The second kappa shape index (κ2) is 11.6. The maximum absolute atomic E-state index is 14.6. The monoisotopic (exact) mass is 492 g/mol. The highest BCUT2D eigenvalue weighted by Gasteiger charge is 2.14. The van der Waals surface area contributed by atoms with Gasteiger partial charge in [-0.15, -0.1) is 5.10 Å². The molecule has 9 nitrogen and oxygen atoms in total. The number of nitrogens with one attached hydrogen (secondary N) is 1. The Morgan fingerprint density at radius 3 is 2.61 bits per heavy atom. The largest absolute Gasteiger partial charge is 0.492 e. The van der Waals surface area contributed by atoms with Gasteiger partial charge in [0.2, 0.25) is 0 Å². The van der Waals surface area contributed by atoms with Crippen molar-refractivity contribution in [3.63, 3.8) is 0 Å². The van der Waals surface area contributed by atoms with E-state index in [2.05, 4.69) is 39.5 Å². The van der Waals surface area contributed by atoms with Crippen LogP contribution in [0.3, 0.4) is 0 Å². The number of amides is 1. The molecule has 0 fully saturated rings. The summed E-state index contributed by atoms with van der Waals surface area (Å²) in [5, 5.41) is 14.8. The van der Waals surface area contributed by atoms with E-state index in [1.165, 1.54) is 18.2 Å². The summed E-state index contributed by atoms with van der Waals surface area (Å²) in [6, 6.07) is 13.1. The number of likely N-dealkylation sites (N-methyl/N-ethyl adjacent to an activating group) is 1. The van der Waals surface area contributed by atoms with Crippen molar-refractivity contribution in [3.05, 3.63) is 77.6 Å². The lowest BCUT2D eigenvalue weighted by Crippen LogP contribution is -2.27. The lowest BCUT2D eigenvalue weighted by atomic mass is 10.1. The minimum atomic E-state index is -0.469. The van der Waals surface area contributed by atoms with E-state index in [1.807, 2.05) is 0 Å². The molecule has 2 aromatic heterocycles. The van der Waals surface area contributed by atoms with E-state index in [1.54, 1.807) is 48.1 Å². The molecule has 4 aromatic rings. The maximum Gasteiger partial charge on any atom is 0.255 e. The number of halogens is 1. The Balaban J connectivity index is 1.38. The molecule has 0 bridgehead atoms. The molecule has 0 spiro atoms. The molecule has 36 heavy (non-hydrogen) atoms. The summed E-state index contributed by atoms with van der Waals surface area (Å²) in [7, 11) is 0. The quantitative estimate of drug-likeness (QED) is 0.331. The van der Waals surface area contributed by atoms with E-state index in [9.17, 15) is 9.18 Å². The van der Waals surface area contributed by atoms with Gasteiger partial charge in [0, 0.05) is 29.4 Å². The SMILES string of the molecule is CCN(CC)CCOc1ccc(C(=O)Nc2ccc(F)c(-c3cn(Cc4cc(C)on4)nn3)c2)cc1. The zero-order chi connectivity index (χ0) is 25.5. The first-order valence-electron chi connectivity index (χ1n) is 11.8. The third-order valence-corrected chi connectivity index (χ3v) is 5.73. The zero-order valence-electron chi connectivity index (χ0n) is 20.6. The van der Waals surface area contributed by atoms with Crippen LogP contribution in [0.25, 0.3) is 11.3 Å². The van der Waals surface area contributed by atoms with Gasteiger partial charge in [0.05, 0.1) is 12.7 Å². The highest BCUT2D eigenvalue weighted by Crippen LogP contribution is 2.25. The molecule has 2 aromatic carbocycles. The number of ether oxygens (including phenoxy) is 1. The summed E-state index contributed by atoms with van der Waals surface area (Å²) in [6.07, 6.45) is 1.62. The second-order valence-corrected chi connectivity index (χ2v) is 8.28. The van der Waals surface area contributed by atoms with Crippen LogP contribution in [0.5, 0.6) is 5.75 Å².